The first-order chi connectivity index (χ1) is 10.4. The third-order valence-electron chi connectivity index (χ3n) is 4.96. The number of hydrogen-bond acceptors (Lipinski definition) is 2. The number of nitrogens with one attached hydrogen (secondary N) is 1. The van der Waals surface area contributed by atoms with E-state index in [-0.39, 0.29) is 0 Å². The molecule has 0 saturated heterocycles. The molecule has 2 heteroatoms. The van der Waals surface area contributed by atoms with Crippen molar-refractivity contribution in [1.82, 2.24) is 5.43 Å². The Labute approximate surface area is 130 Å². The van der Waals surface area contributed by atoms with Gasteiger partial charge in [-0.15, -0.1) is 0 Å². The highest BCUT2D eigenvalue weighted by molar-refractivity contribution is 5.41. The quantitative estimate of drug-likeness (QED) is 0.352. The number of rotatable bonds is 11. The highest BCUT2D eigenvalue weighted by Gasteiger charge is 2.31. The van der Waals surface area contributed by atoms with Crippen LogP contribution in [0.2, 0.25) is 0 Å². The summed E-state index contributed by atoms with van der Waals surface area (Å²) in [5.74, 6) is 6.42. The molecule has 1 aliphatic rings. The monoisotopic (exact) mass is 288 g/mol. The van der Waals surface area contributed by atoms with Gasteiger partial charge in [0.15, 0.2) is 0 Å². The van der Waals surface area contributed by atoms with Gasteiger partial charge in [0, 0.05) is 12.0 Å². The van der Waals surface area contributed by atoms with Crippen LogP contribution in [-0.4, -0.2) is 6.04 Å². The fourth-order valence-corrected chi connectivity index (χ4v) is 3.56. The van der Waals surface area contributed by atoms with Crippen LogP contribution in [0.1, 0.15) is 81.8 Å². The Bertz CT molecular complexity index is 402. The molecule has 0 aliphatic heterocycles. The normalized spacial score (nSPS) is 18.1. The predicted molar refractivity (Wildman–Crippen MR) is 91.2 cm³/mol. The first kappa shape index (κ1) is 16.5. The highest BCUT2D eigenvalue weighted by Crippen LogP contribution is 2.38. The van der Waals surface area contributed by atoms with Gasteiger partial charge in [0.25, 0.3) is 0 Å². The minimum atomic E-state index is 0.458. The molecule has 2 nitrogen and oxygen atoms in total. The summed E-state index contributed by atoms with van der Waals surface area (Å²) in [6.07, 6.45) is 13.5. The molecule has 0 spiro atoms. The van der Waals surface area contributed by atoms with Crippen molar-refractivity contribution in [2.75, 3.05) is 0 Å². The third kappa shape index (κ3) is 4.82. The van der Waals surface area contributed by atoms with Gasteiger partial charge in [-0.05, 0) is 24.0 Å². The fraction of sp³-hybridized carbons (Fsp3) is 0.684. The van der Waals surface area contributed by atoms with Crippen molar-refractivity contribution in [2.45, 2.75) is 83.1 Å². The summed E-state index contributed by atoms with van der Waals surface area (Å²) in [4.78, 5) is 0. The average Bonchev–Trinajstić information content (AvgIpc) is 2.49. The minimum Gasteiger partial charge on any atom is -0.271 e. The van der Waals surface area contributed by atoms with Gasteiger partial charge in [-0.1, -0.05) is 82.6 Å². The smallest absolute Gasteiger partial charge is 0.0282 e. The van der Waals surface area contributed by atoms with E-state index in [9.17, 15) is 0 Å². The van der Waals surface area contributed by atoms with Crippen LogP contribution in [0, 0.1) is 0 Å². The van der Waals surface area contributed by atoms with Crippen molar-refractivity contribution < 1.29 is 0 Å². The standard InChI is InChI=1S/C19H32N2/c1-2-3-4-5-6-7-8-9-14-19(21-20)18-15-16-12-10-11-13-17(16)18/h10-13,18-19,21H,2-9,14-15,20H2,1H3. The molecule has 21 heavy (non-hydrogen) atoms. The van der Waals surface area contributed by atoms with E-state index < -0.39 is 0 Å². The molecule has 1 aliphatic carbocycles. The van der Waals surface area contributed by atoms with Crippen molar-refractivity contribution >= 4 is 0 Å². The molecule has 1 aromatic carbocycles. The number of hydrogen-bond donors (Lipinski definition) is 2. The second-order valence-corrected chi connectivity index (χ2v) is 6.55. The summed E-state index contributed by atoms with van der Waals surface area (Å²) >= 11 is 0. The average molecular weight is 288 g/mol. The van der Waals surface area contributed by atoms with E-state index in [1.807, 2.05) is 0 Å². The van der Waals surface area contributed by atoms with Crippen LogP contribution in [-0.2, 0) is 6.42 Å². The first-order valence-corrected chi connectivity index (χ1v) is 8.90. The molecule has 0 amide bonds. The zero-order valence-corrected chi connectivity index (χ0v) is 13.6. The number of nitrogens with two attached hydrogens (primary N) is 1. The van der Waals surface area contributed by atoms with Crippen LogP contribution in [0.15, 0.2) is 24.3 Å². The van der Waals surface area contributed by atoms with Crippen LogP contribution < -0.4 is 11.3 Å². The Kier molecular flexibility index (Phi) is 7.25. The van der Waals surface area contributed by atoms with E-state index in [0.29, 0.717) is 12.0 Å². The fourth-order valence-electron chi connectivity index (χ4n) is 3.56. The van der Waals surface area contributed by atoms with Crippen molar-refractivity contribution in [1.29, 1.82) is 0 Å². The Morgan fingerprint density at radius 3 is 2.38 bits per heavy atom. The minimum absolute atomic E-state index is 0.458. The lowest BCUT2D eigenvalue weighted by atomic mass is 9.72. The van der Waals surface area contributed by atoms with Gasteiger partial charge in [0.1, 0.15) is 0 Å². The molecule has 0 saturated carbocycles. The van der Waals surface area contributed by atoms with Crippen LogP contribution in [0.3, 0.4) is 0 Å². The zero-order chi connectivity index (χ0) is 14.9. The van der Waals surface area contributed by atoms with Crippen molar-refractivity contribution in [3.8, 4) is 0 Å². The lowest BCUT2D eigenvalue weighted by molar-refractivity contribution is 0.371. The Hall–Kier alpha value is -0.860. The summed E-state index contributed by atoms with van der Waals surface area (Å²) in [6.45, 7) is 2.28. The molecule has 2 unspecified atom stereocenters. The second kappa shape index (κ2) is 9.22. The first-order valence-electron chi connectivity index (χ1n) is 8.90. The summed E-state index contributed by atoms with van der Waals surface area (Å²) in [5.41, 5.74) is 6.09. The molecule has 3 N–H and O–H groups in total. The van der Waals surface area contributed by atoms with Gasteiger partial charge in [0.05, 0.1) is 0 Å². The maximum Gasteiger partial charge on any atom is 0.0282 e. The van der Waals surface area contributed by atoms with E-state index in [4.69, 9.17) is 5.84 Å². The van der Waals surface area contributed by atoms with E-state index >= 15 is 0 Å². The second-order valence-electron chi connectivity index (χ2n) is 6.55. The van der Waals surface area contributed by atoms with Gasteiger partial charge in [-0.25, -0.2) is 0 Å². The van der Waals surface area contributed by atoms with Crippen molar-refractivity contribution in [2.24, 2.45) is 5.84 Å². The molecule has 0 bridgehead atoms. The molecular weight excluding hydrogens is 256 g/mol. The maximum absolute atomic E-state index is 5.79. The van der Waals surface area contributed by atoms with Gasteiger partial charge in [0.2, 0.25) is 0 Å². The summed E-state index contributed by atoms with van der Waals surface area (Å²) in [6, 6.07) is 9.25. The number of hydrazine groups is 1. The largest absolute Gasteiger partial charge is 0.271 e. The molecule has 0 fully saturated rings. The zero-order valence-electron chi connectivity index (χ0n) is 13.6. The Balaban J connectivity index is 1.59. The predicted octanol–water partition coefficient (Wildman–Crippen LogP) is 4.69. The summed E-state index contributed by atoms with van der Waals surface area (Å²) < 4.78 is 0. The molecule has 1 aromatic rings. The molecule has 0 aromatic heterocycles. The topological polar surface area (TPSA) is 38.0 Å². The van der Waals surface area contributed by atoms with Gasteiger partial charge >= 0.3 is 0 Å². The molecular formula is C19H32N2. The van der Waals surface area contributed by atoms with Gasteiger partial charge < -0.3 is 0 Å². The van der Waals surface area contributed by atoms with Crippen LogP contribution in [0.4, 0.5) is 0 Å². The van der Waals surface area contributed by atoms with Crippen LogP contribution in [0.25, 0.3) is 0 Å². The number of unbranched alkanes of at least 4 members (excludes halogenated alkanes) is 7. The van der Waals surface area contributed by atoms with E-state index in [1.54, 1.807) is 0 Å². The van der Waals surface area contributed by atoms with Gasteiger partial charge in [-0.2, -0.15) is 0 Å². The Morgan fingerprint density at radius 2 is 1.71 bits per heavy atom. The van der Waals surface area contributed by atoms with Crippen molar-refractivity contribution in [3.05, 3.63) is 35.4 Å². The van der Waals surface area contributed by atoms with E-state index in [2.05, 4.69) is 36.6 Å². The van der Waals surface area contributed by atoms with Crippen molar-refractivity contribution in [3.63, 3.8) is 0 Å². The number of benzene rings is 1. The maximum atomic E-state index is 5.79. The lowest BCUT2D eigenvalue weighted by Gasteiger charge is -2.36. The third-order valence-corrected chi connectivity index (χ3v) is 4.96. The summed E-state index contributed by atoms with van der Waals surface area (Å²) in [5, 5.41) is 0. The lowest BCUT2D eigenvalue weighted by Crippen LogP contribution is -2.43. The molecule has 118 valence electrons. The summed E-state index contributed by atoms with van der Waals surface area (Å²) in [7, 11) is 0. The van der Waals surface area contributed by atoms with Gasteiger partial charge in [-0.3, -0.25) is 11.3 Å². The molecule has 2 rings (SSSR count). The van der Waals surface area contributed by atoms with E-state index in [0.717, 1.165) is 0 Å². The van der Waals surface area contributed by atoms with E-state index in [1.165, 1.54) is 75.3 Å². The van der Waals surface area contributed by atoms with Crippen LogP contribution >= 0.6 is 0 Å². The molecule has 0 heterocycles. The molecule has 2 atom stereocenters. The Morgan fingerprint density at radius 1 is 1.05 bits per heavy atom. The molecule has 0 radical (unpaired) electrons. The highest BCUT2D eigenvalue weighted by atomic mass is 15.2. The van der Waals surface area contributed by atoms with Crippen LogP contribution in [0.5, 0.6) is 0 Å². The number of fused-ring (bicyclic) bond motifs is 1. The SMILES string of the molecule is CCCCCCCCCCC(NN)C1Cc2ccccc21.